The largest absolute Gasteiger partial charge is 0.426 e. The van der Waals surface area contributed by atoms with E-state index < -0.39 is 0 Å². The highest BCUT2D eigenvalue weighted by molar-refractivity contribution is 5.91. The number of hydrogen-bond acceptors (Lipinski definition) is 4. The van der Waals surface area contributed by atoms with Crippen LogP contribution in [0.4, 0.5) is 0 Å². The Hall–Kier alpha value is -2.76. The van der Waals surface area contributed by atoms with Gasteiger partial charge in [-0.15, -0.1) is 0 Å². The fourth-order valence-electron chi connectivity index (χ4n) is 3.90. The summed E-state index contributed by atoms with van der Waals surface area (Å²) in [6, 6.07) is 12.6. The molecule has 0 atom stereocenters. The van der Waals surface area contributed by atoms with Gasteiger partial charge in [0, 0.05) is 38.2 Å². The maximum Gasteiger partial charge on any atom is 0.290 e. The van der Waals surface area contributed by atoms with Crippen molar-refractivity contribution in [1.29, 1.82) is 0 Å². The van der Waals surface area contributed by atoms with Gasteiger partial charge in [-0.25, -0.2) is 0 Å². The number of likely N-dealkylation sites (tertiary alicyclic amines) is 2. The molecule has 0 radical (unpaired) electrons. The second-order valence-electron chi connectivity index (χ2n) is 7.00. The smallest absolute Gasteiger partial charge is 0.290 e. The molecule has 2 fully saturated rings. The summed E-state index contributed by atoms with van der Waals surface area (Å²) in [5.41, 5.74) is -0.0708. The molecule has 0 aliphatic carbocycles. The van der Waals surface area contributed by atoms with E-state index >= 15 is 0 Å². The average molecular weight is 354 g/mol. The number of furan rings is 1. The maximum absolute atomic E-state index is 12.7. The van der Waals surface area contributed by atoms with Gasteiger partial charge < -0.3 is 19.0 Å². The summed E-state index contributed by atoms with van der Waals surface area (Å²) >= 11 is 0. The number of piperidine rings is 1. The van der Waals surface area contributed by atoms with Crippen LogP contribution in [-0.2, 0) is 4.79 Å². The monoisotopic (exact) mass is 354 g/mol. The van der Waals surface area contributed by atoms with Gasteiger partial charge in [0.1, 0.15) is 5.75 Å². The summed E-state index contributed by atoms with van der Waals surface area (Å²) in [5, 5.41) is 0. The van der Waals surface area contributed by atoms with Gasteiger partial charge in [-0.1, -0.05) is 18.2 Å². The van der Waals surface area contributed by atoms with Crippen molar-refractivity contribution in [3.8, 4) is 11.7 Å². The molecule has 2 saturated heterocycles. The summed E-state index contributed by atoms with van der Waals surface area (Å²) in [6.45, 7) is 1.26. The van der Waals surface area contributed by atoms with Crippen LogP contribution in [-0.4, -0.2) is 47.3 Å². The lowest BCUT2D eigenvalue weighted by Gasteiger charge is -2.43. The molecule has 4 rings (SSSR count). The molecule has 2 aliphatic heterocycles. The van der Waals surface area contributed by atoms with Crippen molar-refractivity contribution in [3.63, 3.8) is 0 Å². The van der Waals surface area contributed by atoms with Crippen LogP contribution in [0.15, 0.2) is 46.9 Å². The highest BCUT2D eigenvalue weighted by Gasteiger charge is 2.45. The Morgan fingerprint density at radius 1 is 1.08 bits per heavy atom. The normalized spacial score (nSPS) is 19.2. The van der Waals surface area contributed by atoms with Crippen LogP contribution in [0.5, 0.6) is 11.7 Å². The topological polar surface area (TPSA) is 63.0 Å². The van der Waals surface area contributed by atoms with Crippen LogP contribution in [0.3, 0.4) is 0 Å². The van der Waals surface area contributed by atoms with E-state index in [1.54, 1.807) is 17.0 Å². The lowest BCUT2D eigenvalue weighted by atomic mass is 9.85. The Morgan fingerprint density at radius 2 is 1.81 bits per heavy atom. The van der Waals surface area contributed by atoms with Crippen LogP contribution in [0, 0.1) is 0 Å². The molecule has 2 aromatic rings. The standard InChI is InChI=1S/C20H22N2O4/c1-21-17(23)9-10-20(21)11-13-22(14-12-20)19(24)16-7-8-18(26-16)25-15-5-3-2-4-6-15/h2-8H,9-14H2,1H3. The van der Waals surface area contributed by atoms with E-state index in [1.165, 1.54) is 0 Å². The fraction of sp³-hybridized carbons (Fsp3) is 0.400. The maximum atomic E-state index is 12.7. The lowest BCUT2D eigenvalue weighted by molar-refractivity contribution is -0.130. The molecule has 26 heavy (non-hydrogen) atoms. The van der Waals surface area contributed by atoms with Crippen molar-refractivity contribution < 1.29 is 18.7 Å². The predicted octanol–water partition coefficient (Wildman–Crippen LogP) is 3.30. The third-order valence-corrected chi connectivity index (χ3v) is 5.62. The van der Waals surface area contributed by atoms with Gasteiger partial charge in [0.05, 0.1) is 0 Å². The minimum absolute atomic E-state index is 0.0708. The molecule has 1 spiro atoms. The second-order valence-corrected chi connectivity index (χ2v) is 7.00. The lowest BCUT2D eigenvalue weighted by Crippen LogP contribution is -2.52. The molecule has 1 aromatic carbocycles. The van der Waals surface area contributed by atoms with Crippen LogP contribution in [0.2, 0.25) is 0 Å². The first-order chi connectivity index (χ1) is 12.6. The Kier molecular flexibility index (Phi) is 4.18. The number of nitrogens with zero attached hydrogens (tertiary/aromatic N) is 2. The van der Waals surface area contributed by atoms with E-state index in [2.05, 4.69) is 0 Å². The molecule has 6 nitrogen and oxygen atoms in total. The molecule has 1 aromatic heterocycles. The van der Waals surface area contributed by atoms with Gasteiger partial charge >= 0.3 is 0 Å². The number of benzene rings is 1. The van der Waals surface area contributed by atoms with Crippen LogP contribution < -0.4 is 4.74 Å². The third-order valence-electron chi connectivity index (χ3n) is 5.62. The second kappa shape index (κ2) is 6.52. The number of amides is 2. The average Bonchev–Trinajstić information content (AvgIpc) is 3.24. The van der Waals surface area contributed by atoms with Crippen LogP contribution >= 0.6 is 0 Å². The first kappa shape index (κ1) is 16.7. The molecule has 0 bridgehead atoms. The van der Waals surface area contributed by atoms with Gasteiger partial charge in [0.25, 0.3) is 11.9 Å². The highest BCUT2D eigenvalue weighted by Crippen LogP contribution is 2.38. The summed E-state index contributed by atoms with van der Waals surface area (Å²) in [4.78, 5) is 28.2. The minimum atomic E-state index is -0.130. The van der Waals surface area contributed by atoms with E-state index in [0.717, 1.165) is 19.3 Å². The molecule has 0 N–H and O–H groups in total. The molecule has 2 amide bonds. The molecular formula is C20H22N2O4. The number of rotatable bonds is 3. The van der Waals surface area contributed by atoms with Gasteiger partial charge in [-0.05, 0) is 37.5 Å². The van der Waals surface area contributed by atoms with Crippen LogP contribution in [0.25, 0.3) is 0 Å². The Labute approximate surface area is 152 Å². The molecular weight excluding hydrogens is 332 g/mol. The SMILES string of the molecule is CN1C(=O)CCC12CCN(C(=O)c1ccc(Oc3ccccc3)o1)CC2. The van der Waals surface area contributed by atoms with Gasteiger partial charge in [0.15, 0.2) is 5.76 Å². The third kappa shape index (κ3) is 2.96. The zero-order valence-electron chi connectivity index (χ0n) is 14.8. The zero-order valence-corrected chi connectivity index (χ0v) is 14.8. The molecule has 0 saturated carbocycles. The number of para-hydroxylation sites is 1. The predicted molar refractivity (Wildman–Crippen MR) is 95.1 cm³/mol. The first-order valence-electron chi connectivity index (χ1n) is 8.96. The van der Waals surface area contributed by atoms with Crippen molar-refractivity contribution in [2.75, 3.05) is 20.1 Å². The van der Waals surface area contributed by atoms with E-state index in [9.17, 15) is 9.59 Å². The summed E-state index contributed by atoms with van der Waals surface area (Å²) in [6.07, 6.45) is 3.13. The molecule has 136 valence electrons. The molecule has 2 aliphatic rings. The Balaban J connectivity index is 1.39. The number of carbonyl (C=O) groups is 2. The molecule has 0 unspecified atom stereocenters. The molecule has 6 heteroatoms. The van der Waals surface area contributed by atoms with Crippen molar-refractivity contribution in [1.82, 2.24) is 9.80 Å². The first-order valence-corrected chi connectivity index (χ1v) is 8.96. The number of carbonyl (C=O) groups excluding carboxylic acids is 2. The minimum Gasteiger partial charge on any atom is -0.426 e. The highest BCUT2D eigenvalue weighted by atomic mass is 16.6. The van der Waals surface area contributed by atoms with E-state index in [0.29, 0.717) is 31.2 Å². The van der Waals surface area contributed by atoms with Gasteiger partial charge in [-0.2, -0.15) is 0 Å². The van der Waals surface area contributed by atoms with Gasteiger partial charge in [0.2, 0.25) is 5.91 Å². The van der Waals surface area contributed by atoms with Crippen molar-refractivity contribution in [2.24, 2.45) is 0 Å². The summed E-state index contributed by atoms with van der Waals surface area (Å²) < 4.78 is 11.2. The Morgan fingerprint density at radius 3 is 2.46 bits per heavy atom. The Bertz CT molecular complexity index is 806. The van der Waals surface area contributed by atoms with E-state index in [1.807, 2.05) is 42.3 Å². The van der Waals surface area contributed by atoms with Gasteiger partial charge in [-0.3, -0.25) is 9.59 Å². The summed E-state index contributed by atoms with van der Waals surface area (Å²) in [5.74, 6) is 1.32. The zero-order chi connectivity index (χ0) is 18.1. The van der Waals surface area contributed by atoms with Crippen molar-refractivity contribution in [2.45, 2.75) is 31.2 Å². The summed E-state index contributed by atoms with van der Waals surface area (Å²) in [7, 11) is 1.88. The van der Waals surface area contributed by atoms with Crippen molar-refractivity contribution >= 4 is 11.8 Å². The number of ether oxygens (including phenoxy) is 1. The van der Waals surface area contributed by atoms with E-state index in [-0.39, 0.29) is 23.1 Å². The molecule has 3 heterocycles. The quantitative estimate of drug-likeness (QED) is 0.848. The number of hydrogen-bond donors (Lipinski definition) is 0. The van der Waals surface area contributed by atoms with Crippen molar-refractivity contribution in [3.05, 3.63) is 48.2 Å². The fourth-order valence-corrected chi connectivity index (χ4v) is 3.90. The van der Waals surface area contributed by atoms with Crippen LogP contribution in [0.1, 0.15) is 36.2 Å². The van der Waals surface area contributed by atoms with E-state index in [4.69, 9.17) is 9.15 Å².